The molecule has 0 aromatic carbocycles. The molecule has 0 aromatic rings. The maximum absolute atomic E-state index is 12.0. The molecular formula is C8H10F3NO4. The highest BCUT2D eigenvalue weighted by atomic mass is 19.4. The van der Waals surface area contributed by atoms with Crippen LogP contribution in [0.2, 0.25) is 0 Å². The van der Waals surface area contributed by atoms with Crippen LogP contribution in [0.1, 0.15) is 13.8 Å². The number of hydrogen-bond acceptors (Lipinski definition) is 4. The molecule has 0 saturated carbocycles. The van der Waals surface area contributed by atoms with Crippen molar-refractivity contribution >= 4 is 17.7 Å². The summed E-state index contributed by atoms with van der Waals surface area (Å²) in [5.41, 5.74) is 0. The summed E-state index contributed by atoms with van der Waals surface area (Å²) in [5, 5.41) is 1.59. The number of ketones is 1. The molecule has 0 aromatic heterocycles. The van der Waals surface area contributed by atoms with E-state index in [1.54, 1.807) is 5.32 Å². The zero-order chi connectivity index (χ0) is 12.9. The smallest absolute Gasteiger partial charge is 0.452 e. The van der Waals surface area contributed by atoms with Gasteiger partial charge in [0.2, 0.25) is 5.91 Å². The third kappa shape index (κ3) is 4.28. The van der Waals surface area contributed by atoms with Gasteiger partial charge in [-0.3, -0.25) is 9.59 Å². The van der Waals surface area contributed by atoms with E-state index in [1.165, 1.54) is 6.92 Å². The molecule has 0 aliphatic heterocycles. The van der Waals surface area contributed by atoms with Gasteiger partial charge in [-0.1, -0.05) is 0 Å². The number of halogens is 3. The van der Waals surface area contributed by atoms with Gasteiger partial charge in [0.1, 0.15) is 0 Å². The van der Waals surface area contributed by atoms with E-state index in [4.69, 9.17) is 0 Å². The monoisotopic (exact) mass is 241 g/mol. The van der Waals surface area contributed by atoms with Crippen LogP contribution in [-0.4, -0.2) is 36.5 Å². The van der Waals surface area contributed by atoms with Gasteiger partial charge < -0.3 is 10.1 Å². The summed E-state index contributed by atoms with van der Waals surface area (Å²) in [6.07, 6.45) is -5.21. The van der Waals surface area contributed by atoms with Gasteiger partial charge in [-0.15, -0.1) is 0 Å². The molecule has 0 aliphatic rings. The van der Waals surface area contributed by atoms with E-state index in [0.717, 1.165) is 6.92 Å². The Balaban J connectivity index is 4.87. The van der Waals surface area contributed by atoms with E-state index in [0.29, 0.717) is 0 Å². The lowest BCUT2D eigenvalue weighted by Crippen LogP contribution is -2.51. The molecule has 0 saturated heterocycles. The van der Waals surface area contributed by atoms with Crippen LogP contribution in [0.5, 0.6) is 0 Å². The molecule has 0 heterocycles. The summed E-state index contributed by atoms with van der Waals surface area (Å²) in [7, 11) is 0. The molecule has 92 valence electrons. The Morgan fingerprint density at radius 1 is 1.31 bits per heavy atom. The first-order valence-corrected chi connectivity index (χ1v) is 4.25. The molecule has 0 fully saturated rings. The zero-order valence-electron chi connectivity index (χ0n) is 8.55. The minimum Gasteiger partial charge on any atom is -0.464 e. The Morgan fingerprint density at radius 3 is 2.12 bits per heavy atom. The molecule has 16 heavy (non-hydrogen) atoms. The standard InChI is InChI=1S/C8H10F3NO4/c1-3-16-7(15)5(12-4(2)13)6(14)8(9,10)11/h5H,3H2,1-2H3,(H,12,13). The van der Waals surface area contributed by atoms with Crippen LogP contribution >= 0.6 is 0 Å². The Bertz CT molecular complexity index is 300. The molecule has 5 nitrogen and oxygen atoms in total. The highest BCUT2D eigenvalue weighted by Crippen LogP contribution is 2.18. The van der Waals surface area contributed by atoms with Gasteiger partial charge in [-0.2, -0.15) is 13.2 Å². The molecule has 8 heteroatoms. The molecule has 0 aliphatic carbocycles. The van der Waals surface area contributed by atoms with Crippen molar-refractivity contribution in [1.29, 1.82) is 0 Å². The molecule has 0 bridgehead atoms. The molecule has 0 radical (unpaired) electrons. The second-order valence-electron chi connectivity index (χ2n) is 2.75. The number of amides is 1. The summed E-state index contributed by atoms with van der Waals surface area (Å²) in [6, 6.07) is -2.34. The number of rotatable bonds is 4. The van der Waals surface area contributed by atoms with Crippen molar-refractivity contribution in [3.05, 3.63) is 0 Å². The molecular weight excluding hydrogens is 231 g/mol. The highest BCUT2D eigenvalue weighted by molar-refractivity contribution is 6.07. The van der Waals surface area contributed by atoms with Crippen LogP contribution < -0.4 is 5.32 Å². The Kier molecular flexibility index (Phi) is 4.93. The van der Waals surface area contributed by atoms with Crippen molar-refractivity contribution in [3.8, 4) is 0 Å². The van der Waals surface area contributed by atoms with Crippen molar-refractivity contribution in [2.75, 3.05) is 6.61 Å². The molecule has 0 spiro atoms. The minimum absolute atomic E-state index is 0.194. The maximum atomic E-state index is 12.0. The quantitative estimate of drug-likeness (QED) is 0.563. The van der Waals surface area contributed by atoms with E-state index in [-0.39, 0.29) is 6.61 Å². The van der Waals surface area contributed by atoms with Crippen LogP contribution in [-0.2, 0) is 19.1 Å². The molecule has 1 N–H and O–H groups in total. The summed E-state index contributed by atoms with van der Waals surface area (Å²) in [5.74, 6) is -4.73. The first-order chi connectivity index (χ1) is 7.20. The van der Waals surface area contributed by atoms with Gasteiger partial charge in [0.05, 0.1) is 6.61 Å². The second-order valence-corrected chi connectivity index (χ2v) is 2.75. The molecule has 1 unspecified atom stereocenters. The Morgan fingerprint density at radius 2 is 1.81 bits per heavy atom. The number of esters is 1. The van der Waals surface area contributed by atoms with Gasteiger partial charge in [0.25, 0.3) is 5.78 Å². The number of carbonyl (C=O) groups excluding carboxylic acids is 3. The van der Waals surface area contributed by atoms with Gasteiger partial charge in [-0.25, -0.2) is 4.79 Å². The van der Waals surface area contributed by atoms with Crippen molar-refractivity contribution in [2.24, 2.45) is 0 Å². The van der Waals surface area contributed by atoms with E-state index < -0.39 is 29.9 Å². The van der Waals surface area contributed by atoms with Crippen LogP contribution in [0.4, 0.5) is 13.2 Å². The fourth-order valence-corrected chi connectivity index (χ4v) is 0.824. The van der Waals surface area contributed by atoms with Gasteiger partial charge in [0, 0.05) is 6.92 Å². The van der Waals surface area contributed by atoms with Crippen LogP contribution in [0, 0.1) is 0 Å². The number of hydrogen-bond donors (Lipinski definition) is 1. The van der Waals surface area contributed by atoms with E-state index in [9.17, 15) is 27.6 Å². The lowest BCUT2D eigenvalue weighted by Gasteiger charge is -2.16. The summed E-state index contributed by atoms with van der Waals surface area (Å²) in [6.45, 7) is 2.05. The lowest BCUT2D eigenvalue weighted by atomic mass is 10.2. The average Bonchev–Trinajstić information content (AvgIpc) is 2.11. The first-order valence-electron chi connectivity index (χ1n) is 4.25. The van der Waals surface area contributed by atoms with Crippen molar-refractivity contribution < 1.29 is 32.3 Å². The fraction of sp³-hybridized carbons (Fsp3) is 0.625. The van der Waals surface area contributed by atoms with Crippen LogP contribution in [0.25, 0.3) is 0 Å². The minimum atomic E-state index is -5.21. The SMILES string of the molecule is CCOC(=O)C(NC(C)=O)C(=O)C(F)(F)F. The predicted molar refractivity (Wildman–Crippen MR) is 45.3 cm³/mol. The topological polar surface area (TPSA) is 72.5 Å². The van der Waals surface area contributed by atoms with Crippen molar-refractivity contribution in [2.45, 2.75) is 26.1 Å². The number of nitrogens with one attached hydrogen (secondary N) is 1. The zero-order valence-corrected chi connectivity index (χ0v) is 8.55. The molecule has 0 rings (SSSR count). The van der Waals surface area contributed by atoms with Gasteiger partial charge in [0.15, 0.2) is 6.04 Å². The highest BCUT2D eigenvalue weighted by Gasteiger charge is 2.47. The number of carbonyl (C=O) groups is 3. The van der Waals surface area contributed by atoms with Crippen molar-refractivity contribution in [1.82, 2.24) is 5.32 Å². The molecule has 1 atom stereocenters. The second kappa shape index (κ2) is 5.47. The average molecular weight is 241 g/mol. The van der Waals surface area contributed by atoms with E-state index >= 15 is 0 Å². The maximum Gasteiger partial charge on any atom is 0.452 e. The Labute approximate surface area is 88.9 Å². The predicted octanol–water partition coefficient (Wildman–Crippen LogP) is 0.186. The van der Waals surface area contributed by atoms with Crippen LogP contribution in [0.15, 0.2) is 0 Å². The van der Waals surface area contributed by atoms with Gasteiger partial charge in [-0.05, 0) is 6.92 Å². The summed E-state index contributed by atoms with van der Waals surface area (Å²) >= 11 is 0. The summed E-state index contributed by atoms with van der Waals surface area (Å²) < 4.78 is 40.4. The fourth-order valence-electron chi connectivity index (χ4n) is 0.824. The Hall–Kier alpha value is -1.60. The van der Waals surface area contributed by atoms with Gasteiger partial charge >= 0.3 is 12.1 Å². The first kappa shape index (κ1) is 14.4. The van der Waals surface area contributed by atoms with Crippen molar-refractivity contribution in [3.63, 3.8) is 0 Å². The number of Topliss-reactive ketones (excluding diaryl/α,β-unsaturated/α-hetero) is 1. The lowest BCUT2D eigenvalue weighted by molar-refractivity contribution is -0.178. The van der Waals surface area contributed by atoms with Crippen LogP contribution in [0.3, 0.4) is 0 Å². The van der Waals surface area contributed by atoms with E-state index in [1.807, 2.05) is 0 Å². The van der Waals surface area contributed by atoms with E-state index in [2.05, 4.69) is 4.74 Å². The number of alkyl halides is 3. The summed E-state index contributed by atoms with van der Waals surface area (Å²) in [4.78, 5) is 32.3. The number of ether oxygens (including phenoxy) is 1. The molecule has 1 amide bonds. The normalized spacial score (nSPS) is 12.8. The largest absolute Gasteiger partial charge is 0.464 e. The third-order valence-electron chi connectivity index (χ3n) is 1.41. The third-order valence-corrected chi connectivity index (χ3v) is 1.41.